The van der Waals surface area contributed by atoms with Crippen molar-refractivity contribution >= 4 is 6.09 Å². The third-order valence-corrected chi connectivity index (χ3v) is 1.65. The van der Waals surface area contributed by atoms with Gasteiger partial charge in [0.1, 0.15) is 6.61 Å². The first-order chi connectivity index (χ1) is 7.33. The van der Waals surface area contributed by atoms with Crippen molar-refractivity contribution in [3.63, 3.8) is 0 Å². The average molecular weight is 203 g/mol. The topological polar surface area (TPSA) is 38.3 Å². The lowest BCUT2D eigenvalue weighted by molar-refractivity contribution is 0.143. The van der Waals surface area contributed by atoms with Gasteiger partial charge in [-0.3, -0.25) is 5.32 Å². The van der Waals surface area contributed by atoms with Gasteiger partial charge in [-0.25, -0.2) is 4.79 Å². The normalized spacial score (nSPS) is 9.87. The molecule has 0 heterocycles. The average Bonchev–Trinajstić information content (AvgIpc) is 2.28. The van der Waals surface area contributed by atoms with Crippen LogP contribution < -0.4 is 5.32 Å². The van der Waals surface area contributed by atoms with E-state index in [-0.39, 0.29) is 6.61 Å². The summed E-state index contributed by atoms with van der Waals surface area (Å²) in [4.78, 5) is 11.1. The van der Waals surface area contributed by atoms with E-state index in [1.807, 2.05) is 30.3 Å². The van der Waals surface area contributed by atoms with E-state index in [0.29, 0.717) is 0 Å². The third-order valence-electron chi connectivity index (χ3n) is 1.65. The van der Waals surface area contributed by atoms with Gasteiger partial charge in [0, 0.05) is 6.20 Å². The molecule has 3 heteroatoms. The van der Waals surface area contributed by atoms with Gasteiger partial charge in [-0.15, -0.1) is 0 Å². The Morgan fingerprint density at radius 3 is 2.80 bits per heavy atom. The van der Waals surface area contributed by atoms with E-state index in [1.165, 1.54) is 6.20 Å². The van der Waals surface area contributed by atoms with Crippen molar-refractivity contribution < 1.29 is 9.53 Å². The summed E-state index contributed by atoms with van der Waals surface area (Å²) >= 11 is 0. The fraction of sp³-hybridized carbons (Fsp3) is 0.0833. The summed E-state index contributed by atoms with van der Waals surface area (Å²) in [5.41, 5.74) is 0.959. The lowest BCUT2D eigenvalue weighted by atomic mass is 10.2. The molecular formula is C12H13NO2. The van der Waals surface area contributed by atoms with Crippen LogP contribution in [0.3, 0.4) is 0 Å². The van der Waals surface area contributed by atoms with Crippen LogP contribution in [0.4, 0.5) is 4.79 Å². The minimum absolute atomic E-state index is 0.272. The van der Waals surface area contributed by atoms with E-state index in [4.69, 9.17) is 4.74 Å². The fourth-order valence-electron chi connectivity index (χ4n) is 0.949. The second kappa shape index (κ2) is 6.43. The van der Waals surface area contributed by atoms with E-state index < -0.39 is 6.09 Å². The van der Waals surface area contributed by atoms with Gasteiger partial charge in [-0.05, 0) is 11.6 Å². The maximum Gasteiger partial charge on any atom is 0.411 e. The highest BCUT2D eigenvalue weighted by molar-refractivity contribution is 5.68. The maximum atomic E-state index is 11.1. The zero-order chi connectivity index (χ0) is 10.9. The van der Waals surface area contributed by atoms with Gasteiger partial charge in [0.15, 0.2) is 0 Å². The Bertz CT molecular complexity index is 344. The maximum absolute atomic E-state index is 11.1. The molecule has 0 aromatic heterocycles. The first kappa shape index (κ1) is 11.0. The molecule has 0 fully saturated rings. The molecule has 0 radical (unpaired) electrons. The van der Waals surface area contributed by atoms with E-state index in [1.54, 1.807) is 12.2 Å². The highest BCUT2D eigenvalue weighted by Crippen LogP contribution is 2.00. The molecular weight excluding hydrogens is 190 g/mol. The fourth-order valence-corrected chi connectivity index (χ4v) is 0.949. The van der Waals surface area contributed by atoms with Crippen LogP contribution in [0, 0.1) is 0 Å². The van der Waals surface area contributed by atoms with E-state index in [9.17, 15) is 4.79 Å². The van der Waals surface area contributed by atoms with Gasteiger partial charge in [0.05, 0.1) is 0 Å². The van der Waals surface area contributed by atoms with Crippen LogP contribution in [0.1, 0.15) is 5.56 Å². The molecule has 0 aliphatic rings. The van der Waals surface area contributed by atoms with Crippen molar-refractivity contribution in [1.82, 2.24) is 5.32 Å². The Morgan fingerprint density at radius 2 is 2.13 bits per heavy atom. The molecule has 1 amide bonds. The number of alkyl carbamates (subject to hydrolysis) is 1. The number of carbonyl (C=O) groups is 1. The van der Waals surface area contributed by atoms with Gasteiger partial charge in [-0.1, -0.05) is 43.0 Å². The molecule has 0 saturated carbocycles. The number of nitrogens with one attached hydrogen (secondary N) is 1. The minimum Gasteiger partial charge on any atom is -0.444 e. The van der Waals surface area contributed by atoms with Crippen LogP contribution in [-0.4, -0.2) is 6.09 Å². The van der Waals surface area contributed by atoms with Crippen LogP contribution in [0.5, 0.6) is 0 Å². The highest BCUT2D eigenvalue weighted by atomic mass is 16.5. The predicted molar refractivity (Wildman–Crippen MR) is 59.1 cm³/mol. The van der Waals surface area contributed by atoms with E-state index in [0.717, 1.165) is 5.56 Å². The third kappa shape index (κ3) is 4.67. The number of hydrogen-bond donors (Lipinski definition) is 1. The Morgan fingerprint density at radius 1 is 1.40 bits per heavy atom. The molecule has 0 saturated heterocycles. The van der Waals surface area contributed by atoms with Crippen LogP contribution in [0.15, 0.2) is 55.3 Å². The van der Waals surface area contributed by atoms with Crippen molar-refractivity contribution in [2.75, 3.05) is 0 Å². The molecule has 1 aromatic rings. The molecule has 1 rings (SSSR count). The number of allylic oxidation sites excluding steroid dienone is 2. The molecule has 0 spiro atoms. The molecule has 1 N–H and O–H groups in total. The minimum atomic E-state index is -0.475. The number of ether oxygens (including phenoxy) is 1. The van der Waals surface area contributed by atoms with E-state index in [2.05, 4.69) is 11.9 Å². The summed E-state index contributed by atoms with van der Waals surface area (Å²) in [7, 11) is 0. The SMILES string of the molecule is C=C/C=C/NC(=O)OCc1ccccc1. The molecule has 0 aliphatic carbocycles. The summed E-state index contributed by atoms with van der Waals surface area (Å²) < 4.78 is 4.94. The van der Waals surface area contributed by atoms with Crippen molar-refractivity contribution in [2.45, 2.75) is 6.61 Å². The molecule has 0 atom stereocenters. The number of rotatable bonds is 4. The van der Waals surface area contributed by atoms with Crippen molar-refractivity contribution in [3.8, 4) is 0 Å². The summed E-state index contributed by atoms with van der Waals surface area (Å²) in [5, 5.41) is 2.44. The van der Waals surface area contributed by atoms with Gasteiger partial charge < -0.3 is 4.74 Å². The summed E-state index contributed by atoms with van der Waals surface area (Å²) in [6.45, 7) is 3.74. The van der Waals surface area contributed by atoms with Gasteiger partial charge in [0.2, 0.25) is 0 Å². The number of amides is 1. The molecule has 78 valence electrons. The van der Waals surface area contributed by atoms with Gasteiger partial charge >= 0.3 is 6.09 Å². The monoisotopic (exact) mass is 203 g/mol. The van der Waals surface area contributed by atoms with Crippen molar-refractivity contribution in [2.24, 2.45) is 0 Å². The van der Waals surface area contributed by atoms with E-state index >= 15 is 0 Å². The Balaban J connectivity index is 2.28. The van der Waals surface area contributed by atoms with Crippen LogP contribution in [0.2, 0.25) is 0 Å². The highest BCUT2D eigenvalue weighted by Gasteiger charge is 1.98. The molecule has 0 aliphatic heterocycles. The Hall–Kier alpha value is -2.03. The quantitative estimate of drug-likeness (QED) is 0.764. The van der Waals surface area contributed by atoms with Crippen molar-refractivity contribution in [3.05, 3.63) is 60.8 Å². The molecule has 1 aromatic carbocycles. The van der Waals surface area contributed by atoms with Gasteiger partial charge in [0.25, 0.3) is 0 Å². The zero-order valence-corrected chi connectivity index (χ0v) is 8.35. The zero-order valence-electron chi connectivity index (χ0n) is 8.35. The Kier molecular flexibility index (Phi) is 4.73. The molecule has 15 heavy (non-hydrogen) atoms. The number of carbonyl (C=O) groups excluding carboxylic acids is 1. The number of hydrogen-bond acceptors (Lipinski definition) is 2. The largest absolute Gasteiger partial charge is 0.444 e. The van der Waals surface area contributed by atoms with Crippen molar-refractivity contribution in [1.29, 1.82) is 0 Å². The molecule has 0 bridgehead atoms. The summed E-state index contributed by atoms with van der Waals surface area (Å²) in [5.74, 6) is 0. The summed E-state index contributed by atoms with van der Waals surface area (Å²) in [6, 6.07) is 9.50. The van der Waals surface area contributed by atoms with Crippen LogP contribution in [0.25, 0.3) is 0 Å². The molecule has 3 nitrogen and oxygen atoms in total. The first-order valence-electron chi connectivity index (χ1n) is 4.57. The Labute approximate surface area is 89.1 Å². The predicted octanol–water partition coefficient (Wildman–Crippen LogP) is 2.61. The lowest BCUT2D eigenvalue weighted by Gasteiger charge is -2.03. The number of benzene rings is 1. The molecule has 0 unspecified atom stereocenters. The lowest BCUT2D eigenvalue weighted by Crippen LogP contribution is -2.18. The van der Waals surface area contributed by atoms with Crippen LogP contribution >= 0.6 is 0 Å². The second-order valence-corrected chi connectivity index (χ2v) is 2.80. The van der Waals surface area contributed by atoms with Crippen LogP contribution in [-0.2, 0) is 11.3 Å². The standard InChI is InChI=1S/C12H13NO2/c1-2-3-9-13-12(14)15-10-11-7-5-4-6-8-11/h2-9H,1,10H2,(H,13,14)/b9-3+. The van der Waals surface area contributed by atoms with Gasteiger partial charge in [-0.2, -0.15) is 0 Å². The second-order valence-electron chi connectivity index (χ2n) is 2.80. The summed E-state index contributed by atoms with van der Waals surface area (Å²) in [6.07, 6.45) is 4.18. The first-order valence-corrected chi connectivity index (χ1v) is 4.57. The smallest absolute Gasteiger partial charge is 0.411 e.